The molecular weight excluding hydrogens is 330 g/mol. The van der Waals surface area contributed by atoms with Gasteiger partial charge in [0.25, 0.3) is 0 Å². The summed E-state index contributed by atoms with van der Waals surface area (Å²) in [6, 6.07) is 7.18. The van der Waals surface area contributed by atoms with E-state index in [1.807, 2.05) is 6.07 Å². The molecule has 2 bridgehead atoms. The van der Waals surface area contributed by atoms with Crippen molar-refractivity contribution in [3.8, 4) is 11.5 Å². The van der Waals surface area contributed by atoms with Gasteiger partial charge in [0.1, 0.15) is 0 Å². The van der Waals surface area contributed by atoms with Crippen LogP contribution < -0.4 is 14.8 Å². The minimum Gasteiger partial charge on any atom is -0.454 e. The van der Waals surface area contributed by atoms with Crippen LogP contribution in [0.25, 0.3) is 0 Å². The largest absolute Gasteiger partial charge is 0.454 e. The number of nitrogens with zero attached hydrogens (tertiary/aromatic N) is 2. The van der Waals surface area contributed by atoms with Crippen molar-refractivity contribution in [2.75, 3.05) is 33.0 Å². The van der Waals surface area contributed by atoms with Crippen LogP contribution in [0.15, 0.2) is 18.2 Å². The van der Waals surface area contributed by atoms with E-state index < -0.39 is 0 Å². The second kappa shape index (κ2) is 6.34. The second-order valence-corrected chi connectivity index (χ2v) is 7.96. The fraction of sp³-hybridized carbons (Fsp3) is 0.650. The van der Waals surface area contributed by atoms with Crippen LogP contribution in [-0.4, -0.2) is 60.9 Å². The van der Waals surface area contributed by atoms with E-state index in [4.69, 9.17) is 9.47 Å². The van der Waals surface area contributed by atoms with Gasteiger partial charge < -0.3 is 19.7 Å². The molecule has 0 aromatic heterocycles. The summed E-state index contributed by atoms with van der Waals surface area (Å²) >= 11 is 0. The minimum atomic E-state index is 0.110. The highest BCUT2D eigenvalue weighted by Gasteiger charge is 2.54. The number of likely N-dealkylation sites (tertiary alicyclic amines) is 1. The minimum absolute atomic E-state index is 0.110. The highest BCUT2D eigenvalue weighted by molar-refractivity contribution is 5.75. The Morgan fingerprint density at radius 3 is 2.81 bits per heavy atom. The normalized spacial score (nSPS) is 34.0. The first kappa shape index (κ1) is 16.2. The van der Waals surface area contributed by atoms with Crippen molar-refractivity contribution in [2.45, 2.75) is 44.2 Å². The number of urea groups is 1. The van der Waals surface area contributed by atoms with Gasteiger partial charge in [0.15, 0.2) is 11.5 Å². The molecule has 0 spiro atoms. The molecule has 6 heteroatoms. The zero-order valence-corrected chi connectivity index (χ0v) is 15.3. The molecule has 5 aliphatic rings. The van der Waals surface area contributed by atoms with E-state index in [1.165, 1.54) is 18.4 Å². The van der Waals surface area contributed by atoms with Crippen molar-refractivity contribution in [1.82, 2.24) is 15.1 Å². The number of amides is 2. The summed E-state index contributed by atoms with van der Waals surface area (Å²) in [5.74, 6) is 2.64. The Morgan fingerprint density at radius 2 is 2.00 bits per heavy atom. The van der Waals surface area contributed by atoms with Crippen LogP contribution in [0.1, 0.15) is 37.7 Å². The molecule has 26 heavy (non-hydrogen) atoms. The third-order valence-electron chi connectivity index (χ3n) is 6.61. The Kier molecular flexibility index (Phi) is 3.96. The number of carbonyl (C=O) groups is 1. The molecule has 5 heterocycles. The van der Waals surface area contributed by atoms with Crippen molar-refractivity contribution < 1.29 is 14.3 Å². The number of carbonyl (C=O) groups excluding carboxylic acids is 1. The van der Waals surface area contributed by atoms with Crippen molar-refractivity contribution in [3.05, 3.63) is 23.8 Å². The fourth-order valence-corrected chi connectivity index (χ4v) is 5.43. The van der Waals surface area contributed by atoms with Crippen LogP contribution in [0.2, 0.25) is 0 Å². The Morgan fingerprint density at radius 1 is 1.19 bits per heavy atom. The summed E-state index contributed by atoms with van der Waals surface area (Å²) in [6.45, 7) is 6.26. The quantitative estimate of drug-likeness (QED) is 0.903. The molecule has 0 unspecified atom stereocenters. The summed E-state index contributed by atoms with van der Waals surface area (Å²) in [7, 11) is 0. The average Bonchev–Trinajstić information content (AvgIpc) is 3.32. The monoisotopic (exact) mass is 357 g/mol. The van der Waals surface area contributed by atoms with E-state index in [1.54, 1.807) is 0 Å². The van der Waals surface area contributed by atoms with Gasteiger partial charge >= 0.3 is 6.03 Å². The van der Waals surface area contributed by atoms with Crippen LogP contribution in [-0.2, 0) is 0 Å². The number of piperidine rings is 3. The van der Waals surface area contributed by atoms with E-state index in [-0.39, 0.29) is 6.03 Å². The van der Waals surface area contributed by atoms with Gasteiger partial charge in [-0.15, -0.1) is 0 Å². The number of fused-ring (bicyclic) bond motifs is 3. The zero-order chi connectivity index (χ0) is 17.7. The number of nitrogens with one attached hydrogen (secondary N) is 1. The van der Waals surface area contributed by atoms with Gasteiger partial charge in [-0.2, -0.15) is 0 Å². The van der Waals surface area contributed by atoms with Gasteiger partial charge in [-0.3, -0.25) is 4.90 Å². The van der Waals surface area contributed by atoms with Crippen LogP contribution in [0.4, 0.5) is 4.79 Å². The highest BCUT2D eigenvalue weighted by atomic mass is 16.7. The zero-order valence-electron chi connectivity index (χ0n) is 15.3. The van der Waals surface area contributed by atoms with Gasteiger partial charge in [-0.25, -0.2) is 4.79 Å². The molecule has 1 aromatic rings. The van der Waals surface area contributed by atoms with E-state index in [2.05, 4.69) is 34.2 Å². The molecule has 5 aliphatic heterocycles. The van der Waals surface area contributed by atoms with E-state index in [0.717, 1.165) is 44.1 Å². The highest BCUT2D eigenvalue weighted by Crippen LogP contribution is 2.47. The first-order chi connectivity index (χ1) is 12.8. The maximum absolute atomic E-state index is 12.9. The number of hydrogen-bond acceptors (Lipinski definition) is 4. The third-order valence-corrected chi connectivity index (χ3v) is 6.61. The third kappa shape index (κ3) is 2.46. The molecule has 1 aromatic carbocycles. The Bertz CT molecular complexity index is 702. The van der Waals surface area contributed by atoms with Crippen LogP contribution in [0, 0.1) is 5.92 Å². The standard InChI is InChI=1S/C20H27N3O3/c1-2-7-21-20(24)23-11-15(14-3-4-16-17(10-14)26-12-25-16)19-18(23)13-5-8-22(19)9-6-13/h3-4,10,13,15,18-19H,2,5-9,11-12H2,1H3,(H,21,24)/t15-,18+,19+/m1/s1. The first-order valence-electron chi connectivity index (χ1n) is 9.94. The molecule has 140 valence electrons. The smallest absolute Gasteiger partial charge is 0.317 e. The van der Waals surface area contributed by atoms with Crippen molar-refractivity contribution in [2.24, 2.45) is 5.92 Å². The average molecular weight is 357 g/mol. The molecule has 3 atom stereocenters. The summed E-state index contributed by atoms with van der Waals surface area (Å²) in [5, 5.41) is 3.10. The molecule has 0 saturated carbocycles. The molecule has 4 saturated heterocycles. The predicted octanol–water partition coefficient (Wildman–Crippen LogP) is 2.40. The maximum Gasteiger partial charge on any atom is 0.317 e. The number of ether oxygens (including phenoxy) is 2. The molecule has 6 rings (SSSR count). The van der Waals surface area contributed by atoms with Crippen molar-refractivity contribution in [1.29, 1.82) is 0 Å². The van der Waals surface area contributed by atoms with E-state index >= 15 is 0 Å². The summed E-state index contributed by atoms with van der Waals surface area (Å²) in [6.07, 6.45) is 3.40. The van der Waals surface area contributed by atoms with E-state index in [9.17, 15) is 4.79 Å². The SMILES string of the molecule is CCCNC(=O)N1C[C@H](c2ccc3c(c2)OCO3)[C@H]2[C@@H]1C1CCN2CC1. The summed E-state index contributed by atoms with van der Waals surface area (Å²) in [5.41, 5.74) is 1.27. The lowest BCUT2D eigenvalue weighted by molar-refractivity contribution is 0.00355. The van der Waals surface area contributed by atoms with Gasteiger partial charge in [0, 0.05) is 25.0 Å². The molecular formula is C20H27N3O3. The van der Waals surface area contributed by atoms with Crippen LogP contribution >= 0.6 is 0 Å². The number of hydrogen-bond donors (Lipinski definition) is 1. The maximum atomic E-state index is 12.9. The fourth-order valence-electron chi connectivity index (χ4n) is 5.43. The molecule has 0 aliphatic carbocycles. The lowest BCUT2D eigenvalue weighted by Crippen LogP contribution is -2.61. The predicted molar refractivity (Wildman–Crippen MR) is 97.6 cm³/mol. The first-order valence-corrected chi connectivity index (χ1v) is 9.94. The van der Waals surface area contributed by atoms with Gasteiger partial charge in [-0.1, -0.05) is 13.0 Å². The van der Waals surface area contributed by atoms with Gasteiger partial charge in [0.2, 0.25) is 6.79 Å². The Labute approximate surface area is 154 Å². The van der Waals surface area contributed by atoms with Crippen molar-refractivity contribution >= 4 is 6.03 Å². The lowest BCUT2D eigenvalue weighted by atomic mass is 9.75. The number of rotatable bonds is 3. The summed E-state index contributed by atoms with van der Waals surface area (Å²) < 4.78 is 11.1. The Hall–Kier alpha value is -1.95. The molecule has 2 amide bonds. The molecule has 1 N–H and O–H groups in total. The second-order valence-electron chi connectivity index (χ2n) is 7.96. The summed E-state index contributed by atoms with van der Waals surface area (Å²) in [4.78, 5) is 17.6. The van der Waals surface area contributed by atoms with Gasteiger partial charge in [0.05, 0.1) is 6.04 Å². The molecule has 6 nitrogen and oxygen atoms in total. The molecule has 4 fully saturated rings. The van der Waals surface area contributed by atoms with Crippen molar-refractivity contribution in [3.63, 3.8) is 0 Å². The number of benzene rings is 1. The van der Waals surface area contributed by atoms with E-state index in [0.29, 0.717) is 30.7 Å². The van der Waals surface area contributed by atoms with Crippen LogP contribution in [0.5, 0.6) is 11.5 Å². The van der Waals surface area contributed by atoms with Gasteiger partial charge in [-0.05, 0) is 56.0 Å². The van der Waals surface area contributed by atoms with Crippen LogP contribution in [0.3, 0.4) is 0 Å². The Balaban J connectivity index is 1.47. The lowest BCUT2D eigenvalue weighted by Gasteiger charge is -2.51. The topological polar surface area (TPSA) is 54.0 Å². The molecule has 0 radical (unpaired) electrons.